The summed E-state index contributed by atoms with van der Waals surface area (Å²) in [5, 5.41) is 9.17. The first-order chi connectivity index (χ1) is 12.0. The van der Waals surface area contributed by atoms with Crippen molar-refractivity contribution < 1.29 is 14.0 Å². The Bertz CT molecular complexity index is 932. The molecule has 0 aliphatic rings. The molecule has 2 amide bonds. The van der Waals surface area contributed by atoms with Gasteiger partial charge in [0.15, 0.2) is 10.9 Å². The molecular weight excluding hydrogens is 338 g/mol. The summed E-state index contributed by atoms with van der Waals surface area (Å²) in [7, 11) is 0. The van der Waals surface area contributed by atoms with Crippen LogP contribution in [0.1, 0.15) is 17.5 Å². The van der Waals surface area contributed by atoms with Gasteiger partial charge in [0.2, 0.25) is 5.91 Å². The number of hydrogen-bond acceptors (Lipinski definition) is 4. The van der Waals surface area contributed by atoms with Gasteiger partial charge < -0.3 is 20.4 Å². The van der Waals surface area contributed by atoms with E-state index in [0.717, 1.165) is 5.39 Å². The van der Waals surface area contributed by atoms with Gasteiger partial charge >= 0.3 is 0 Å². The van der Waals surface area contributed by atoms with Crippen molar-refractivity contribution in [3.63, 3.8) is 0 Å². The lowest BCUT2D eigenvalue weighted by molar-refractivity contribution is -0.117. The van der Waals surface area contributed by atoms with Gasteiger partial charge in [0, 0.05) is 23.7 Å². The fraction of sp³-hybridized carbons (Fsp3) is 0.0556. The molecule has 0 atom stereocenters. The highest BCUT2D eigenvalue weighted by molar-refractivity contribution is 7.80. The van der Waals surface area contributed by atoms with Gasteiger partial charge in [-0.25, -0.2) is 0 Å². The smallest absolute Gasteiger partial charge is 0.291 e. The van der Waals surface area contributed by atoms with Crippen LogP contribution in [0.4, 0.5) is 11.4 Å². The molecule has 0 saturated carbocycles. The fourth-order valence-corrected chi connectivity index (χ4v) is 2.54. The van der Waals surface area contributed by atoms with Crippen molar-refractivity contribution in [1.82, 2.24) is 5.32 Å². The summed E-state index contributed by atoms with van der Waals surface area (Å²) in [4.78, 5) is 23.3. The topological polar surface area (TPSA) is 83.4 Å². The number of amides is 2. The zero-order valence-corrected chi connectivity index (χ0v) is 14.1. The molecule has 0 aliphatic carbocycles. The van der Waals surface area contributed by atoms with Crippen molar-refractivity contribution >= 4 is 51.5 Å². The number of benzene rings is 2. The van der Waals surface area contributed by atoms with E-state index in [1.807, 2.05) is 18.2 Å². The van der Waals surface area contributed by atoms with Crippen molar-refractivity contribution in [2.24, 2.45) is 0 Å². The molecule has 0 fully saturated rings. The van der Waals surface area contributed by atoms with Crippen molar-refractivity contribution in [2.75, 3.05) is 10.6 Å². The minimum absolute atomic E-state index is 0.188. The van der Waals surface area contributed by atoms with Crippen LogP contribution < -0.4 is 16.0 Å². The van der Waals surface area contributed by atoms with Crippen LogP contribution in [0.5, 0.6) is 0 Å². The largest absolute Gasteiger partial charge is 0.451 e. The fourth-order valence-electron chi connectivity index (χ4n) is 2.28. The summed E-state index contributed by atoms with van der Waals surface area (Å²) in [6, 6.07) is 16.1. The maximum Gasteiger partial charge on any atom is 0.291 e. The second-order valence-corrected chi connectivity index (χ2v) is 5.73. The second-order valence-electron chi connectivity index (χ2n) is 5.32. The third-order valence-corrected chi connectivity index (χ3v) is 3.52. The highest BCUT2D eigenvalue weighted by atomic mass is 32.1. The predicted molar refractivity (Wildman–Crippen MR) is 101 cm³/mol. The Hall–Kier alpha value is -3.19. The number of para-hydroxylation sites is 1. The van der Waals surface area contributed by atoms with Gasteiger partial charge in [-0.15, -0.1) is 0 Å². The molecule has 0 saturated heterocycles. The molecule has 3 N–H and O–H groups in total. The number of carbonyl (C=O) groups excluding carboxylic acids is 2. The van der Waals surface area contributed by atoms with Crippen LogP contribution >= 0.6 is 12.2 Å². The van der Waals surface area contributed by atoms with Gasteiger partial charge in [-0.3, -0.25) is 9.59 Å². The molecule has 126 valence electrons. The molecule has 0 spiro atoms. The number of thiocarbonyl (C=S) groups is 1. The number of carbonyl (C=O) groups is 2. The predicted octanol–water partition coefficient (Wildman–Crippen LogP) is 3.52. The number of rotatable bonds is 3. The maximum atomic E-state index is 12.4. The van der Waals surface area contributed by atoms with Gasteiger partial charge in [0.1, 0.15) is 5.58 Å². The molecule has 0 unspecified atom stereocenters. The molecule has 0 bridgehead atoms. The van der Waals surface area contributed by atoms with E-state index in [1.165, 1.54) is 6.92 Å². The maximum absolute atomic E-state index is 12.4. The Morgan fingerprint density at radius 1 is 0.960 bits per heavy atom. The lowest BCUT2D eigenvalue weighted by atomic mass is 10.2. The van der Waals surface area contributed by atoms with E-state index >= 15 is 0 Å². The lowest BCUT2D eigenvalue weighted by Crippen LogP contribution is -2.32. The molecule has 0 aliphatic heterocycles. The Kier molecular flexibility index (Phi) is 4.76. The first-order valence-electron chi connectivity index (χ1n) is 7.50. The minimum Gasteiger partial charge on any atom is -0.451 e. The third-order valence-electron chi connectivity index (χ3n) is 3.32. The van der Waals surface area contributed by atoms with Crippen LogP contribution in [0.2, 0.25) is 0 Å². The van der Waals surface area contributed by atoms with E-state index in [2.05, 4.69) is 16.0 Å². The van der Waals surface area contributed by atoms with Crippen molar-refractivity contribution in [3.05, 3.63) is 60.4 Å². The molecule has 25 heavy (non-hydrogen) atoms. The standard InChI is InChI=1S/C18H15N3O3S/c1-11(22)19-18(25)21-14-7-4-6-13(10-14)20-17(23)16-9-12-5-2-3-8-15(12)24-16/h2-10H,1H3,(H,20,23)(H2,19,21,22,25). The zero-order valence-electron chi connectivity index (χ0n) is 13.3. The second kappa shape index (κ2) is 7.14. The molecule has 0 radical (unpaired) electrons. The van der Waals surface area contributed by atoms with E-state index in [4.69, 9.17) is 16.6 Å². The third kappa shape index (κ3) is 4.21. The summed E-state index contributed by atoms with van der Waals surface area (Å²) >= 11 is 5.01. The number of hydrogen-bond donors (Lipinski definition) is 3. The van der Waals surface area contributed by atoms with Gasteiger partial charge in [-0.1, -0.05) is 24.3 Å². The summed E-state index contributed by atoms with van der Waals surface area (Å²) in [5.41, 5.74) is 1.87. The molecule has 1 heterocycles. The molecular formula is C18H15N3O3S. The quantitative estimate of drug-likeness (QED) is 0.628. The Morgan fingerprint density at radius 3 is 2.40 bits per heavy atom. The number of furan rings is 1. The summed E-state index contributed by atoms with van der Waals surface area (Å²) in [5.74, 6) is -0.377. The van der Waals surface area contributed by atoms with Crippen LogP contribution in [0.3, 0.4) is 0 Å². The van der Waals surface area contributed by atoms with E-state index in [-0.39, 0.29) is 22.7 Å². The van der Waals surface area contributed by atoms with E-state index in [0.29, 0.717) is 17.0 Å². The number of nitrogens with one attached hydrogen (secondary N) is 3. The zero-order chi connectivity index (χ0) is 17.8. The Labute approximate surface area is 149 Å². The average Bonchev–Trinajstić information content (AvgIpc) is 2.98. The average molecular weight is 353 g/mol. The number of anilines is 2. The molecule has 6 nitrogen and oxygen atoms in total. The lowest BCUT2D eigenvalue weighted by Gasteiger charge is -2.10. The van der Waals surface area contributed by atoms with E-state index in [9.17, 15) is 9.59 Å². The Balaban J connectivity index is 1.71. The monoisotopic (exact) mass is 353 g/mol. The first kappa shape index (κ1) is 16.7. The SMILES string of the molecule is CC(=O)NC(=S)Nc1cccc(NC(=O)c2cc3ccccc3o2)c1. The molecule has 2 aromatic carbocycles. The highest BCUT2D eigenvalue weighted by Crippen LogP contribution is 2.21. The summed E-state index contributed by atoms with van der Waals surface area (Å²) in [6.07, 6.45) is 0. The van der Waals surface area contributed by atoms with Crippen molar-refractivity contribution in [3.8, 4) is 0 Å². The number of fused-ring (bicyclic) bond motifs is 1. The van der Waals surface area contributed by atoms with Crippen molar-refractivity contribution in [1.29, 1.82) is 0 Å². The first-order valence-corrected chi connectivity index (χ1v) is 7.90. The minimum atomic E-state index is -0.349. The molecule has 3 rings (SSSR count). The van der Waals surface area contributed by atoms with E-state index in [1.54, 1.807) is 36.4 Å². The van der Waals surface area contributed by atoms with Gasteiger partial charge in [-0.05, 0) is 42.5 Å². The highest BCUT2D eigenvalue weighted by Gasteiger charge is 2.12. The summed E-state index contributed by atoms with van der Waals surface area (Å²) in [6.45, 7) is 1.37. The molecule has 1 aromatic heterocycles. The van der Waals surface area contributed by atoms with Crippen LogP contribution in [0.15, 0.2) is 59.0 Å². The van der Waals surface area contributed by atoms with Crippen LogP contribution in [-0.4, -0.2) is 16.9 Å². The van der Waals surface area contributed by atoms with Gasteiger partial charge in [0.25, 0.3) is 5.91 Å². The van der Waals surface area contributed by atoms with Gasteiger partial charge in [0.05, 0.1) is 0 Å². The summed E-state index contributed by atoms with van der Waals surface area (Å²) < 4.78 is 5.54. The Morgan fingerprint density at radius 2 is 1.68 bits per heavy atom. The molecule has 3 aromatic rings. The molecule has 7 heteroatoms. The van der Waals surface area contributed by atoms with Gasteiger partial charge in [-0.2, -0.15) is 0 Å². The van der Waals surface area contributed by atoms with Crippen LogP contribution in [0.25, 0.3) is 11.0 Å². The van der Waals surface area contributed by atoms with Crippen LogP contribution in [0, 0.1) is 0 Å². The normalized spacial score (nSPS) is 10.3. The van der Waals surface area contributed by atoms with Crippen LogP contribution in [-0.2, 0) is 4.79 Å². The van der Waals surface area contributed by atoms with Crippen molar-refractivity contribution in [2.45, 2.75) is 6.92 Å². The van der Waals surface area contributed by atoms with E-state index < -0.39 is 0 Å².